The molecule has 0 fully saturated rings. The molecule has 4 N–H and O–H groups in total. The van der Waals surface area contributed by atoms with Gasteiger partial charge in [0, 0.05) is 17.4 Å². The number of aromatic nitrogens is 1. The normalized spacial score (nSPS) is 10.2. The van der Waals surface area contributed by atoms with Crippen LogP contribution in [-0.2, 0) is 0 Å². The average Bonchev–Trinajstić information content (AvgIpc) is 2.32. The van der Waals surface area contributed by atoms with Crippen molar-refractivity contribution in [1.82, 2.24) is 4.98 Å². The fourth-order valence-electron chi connectivity index (χ4n) is 1.48. The summed E-state index contributed by atoms with van der Waals surface area (Å²) in [6.07, 6.45) is 1.47. The Morgan fingerprint density at radius 3 is 2.65 bits per heavy atom. The quantitative estimate of drug-likeness (QED) is 0.607. The van der Waals surface area contributed by atoms with E-state index in [1.807, 2.05) is 0 Å². The van der Waals surface area contributed by atoms with E-state index in [1.165, 1.54) is 24.4 Å². The molecule has 1 aromatic carbocycles. The molecule has 0 atom stereocenters. The Hall–Kier alpha value is -2.43. The zero-order valence-corrected chi connectivity index (χ0v) is 8.85. The van der Waals surface area contributed by atoms with E-state index in [1.54, 1.807) is 6.07 Å². The van der Waals surface area contributed by atoms with E-state index in [2.05, 4.69) is 4.98 Å². The molecule has 0 unspecified atom stereocenters. The minimum atomic E-state index is -0.523. The van der Waals surface area contributed by atoms with Crippen molar-refractivity contribution in [2.75, 3.05) is 11.5 Å². The van der Waals surface area contributed by atoms with E-state index in [0.29, 0.717) is 0 Å². The lowest BCUT2D eigenvalue weighted by atomic mass is 10.0. The van der Waals surface area contributed by atoms with Crippen LogP contribution in [0.2, 0.25) is 0 Å². The Morgan fingerprint density at radius 1 is 1.18 bits per heavy atom. The molecule has 5 heteroatoms. The van der Waals surface area contributed by atoms with Crippen LogP contribution >= 0.6 is 0 Å². The third-order valence-corrected chi connectivity index (χ3v) is 2.34. The van der Waals surface area contributed by atoms with E-state index in [4.69, 9.17) is 11.5 Å². The van der Waals surface area contributed by atoms with Crippen molar-refractivity contribution < 1.29 is 9.18 Å². The molecule has 0 aliphatic carbocycles. The van der Waals surface area contributed by atoms with Crippen molar-refractivity contribution in [2.45, 2.75) is 0 Å². The van der Waals surface area contributed by atoms with Gasteiger partial charge in [-0.1, -0.05) is 0 Å². The van der Waals surface area contributed by atoms with Crippen LogP contribution in [0.3, 0.4) is 0 Å². The Morgan fingerprint density at radius 2 is 1.94 bits per heavy atom. The van der Waals surface area contributed by atoms with Gasteiger partial charge in [-0.2, -0.15) is 0 Å². The first kappa shape index (κ1) is 11.1. The Kier molecular flexibility index (Phi) is 2.74. The maximum atomic E-state index is 13.1. The number of carbonyl (C=O) groups excluding carboxylic acids is 1. The van der Waals surface area contributed by atoms with Crippen LogP contribution in [0, 0.1) is 5.82 Å². The molecular weight excluding hydrogens is 221 g/mol. The van der Waals surface area contributed by atoms with Crippen LogP contribution < -0.4 is 11.5 Å². The van der Waals surface area contributed by atoms with Gasteiger partial charge >= 0.3 is 0 Å². The van der Waals surface area contributed by atoms with Crippen LogP contribution in [0.25, 0.3) is 0 Å². The van der Waals surface area contributed by atoms with Gasteiger partial charge in [0.1, 0.15) is 11.6 Å². The lowest BCUT2D eigenvalue weighted by Crippen LogP contribution is -2.09. The van der Waals surface area contributed by atoms with Crippen molar-refractivity contribution in [3.05, 3.63) is 53.5 Å². The number of carbonyl (C=O) groups is 1. The average molecular weight is 231 g/mol. The predicted molar refractivity (Wildman–Crippen MR) is 62.9 cm³/mol. The SMILES string of the molecule is Nc1ccc(F)cc1C(=O)c1cccnc1N. The molecule has 0 bridgehead atoms. The van der Waals surface area contributed by atoms with E-state index in [0.717, 1.165) is 6.07 Å². The molecule has 0 amide bonds. The molecule has 86 valence electrons. The number of hydrogen-bond donors (Lipinski definition) is 2. The monoisotopic (exact) mass is 231 g/mol. The highest BCUT2D eigenvalue weighted by atomic mass is 19.1. The van der Waals surface area contributed by atoms with Crippen molar-refractivity contribution in [1.29, 1.82) is 0 Å². The Bertz CT molecular complexity index is 584. The Labute approximate surface area is 97.1 Å². The molecule has 0 aliphatic heterocycles. The number of anilines is 2. The smallest absolute Gasteiger partial charge is 0.198 e. The summed E-state index contributed by atoms with van der Waals surface area (Å²) in [6.45, 7) is 0. The van der Waals surface area contributed by atoms with Gasteiger partial charge in [-0.3, -0.25) is 4.79 Å². The van der Waals surface area contributed by atoms with E-state index in [-0.39, 0.29) is 22.6 Å². The molecule has 2 rings (SSSR count). The third-order valence-electron chi connectivity index (χ3n) is 2.34. The van der Waals surface area contributed by atoms with Crippen LogP contribution in [0.5, 0.6) is 0 Å². The second kappa shape index (κ2) is 4.21. The van der Waals surface area contributed by atoms with Crippen LogP contribution in [0.1, 0.15) is 15.9 Å². The summed E-state index contributed by atoms with van der Waals surface area (Å²) in [7, 11) is 0. The molecule has 2 aromatic rings. The van der Waals surface area contributed by atoms with Crippen molar-refractivity contribution >= 4 is 17.3 Å². The minimum absolute atomic E-state index is 0.0877. The predicted octanol–water partition coefficient (Wildman–Crippen LogP) is 1.62. The summed E-state index contributed by atoms with van der Waals surface area (Å²) in [5.74, 6) is -0.862. The number of nitrogens with two attached hydrogens (primary N) is 2. The first-order chi connectivity index (χ1) is 8.09. The van der Waals surface area contributed by atoms with Crippen molar-refractivity contribution in [3.8, 4) is 0 Å². The van der Waals surface area contributed by atoms with Crippen LogP contribution in [-0.4, -0.2) is 10.8 Å². The summed E-state index contributed by atoms with van der Waals surface area (Å²) in [4.78, 5) is 15.9. The van der Waals surface area contributed by atoms with Gasteiger partial charge in [0.05, 0.1) is 5.56 Å². The number of ketones is 1. The first-order valence-corrected chi connectivity index (χ1v) is 4.90. The van der Waals surface area contributed by atoms with Gasteiger partial charge in [0.2, 0.25) is 0 Å². The number of pyridine rings is 1. The molecular formula is C12H10FN3O. The minimum Gasteiger partial charge on any atom is -0.398 e. The third kappa shape index (κ3) is 2.08. The van der Waals surface area contributed by atoms with E-state index < -0.39 is 11.6 Å². The zero-order chi connectivity index (χ0) is 12.4. The molecule has 0 saturated heterocycles. The highest BCUT2D eigenvalue weighted by Gasteiger charge is 2.16. The lowest BCUT2D eigenvalue weighted by molar-refractivity contribution is 0.103. The number of benzene rings is 1. The van der Waals surface area contributed by atoms with Crippen LogP contribution in [0.15, 0.2) is 36.5 Å². The van der Waals surface area contributed by atoms with E-state index >= 15 is 0 Å². The fraction of sp³-hybridized carbons (Fsp3) is 0. The maximum Gasteiger partial charge on any atom is 0.198 e. The van der Waals surface area contributed by atoms with E-state index in [9.17, 15) is 9.18 Å². The second-order valence-corrected chi connectivity index (χ2v) is 3.50. The maximum absolute atomic E-state index is 13.1. The summed E-state index contributed by atoms with van der Waals surface area (Å²) >= 11 is 0. The lowest BCUT2D eigenvalue weighted by Gasteiger charge is -2.06. The highest BCUT2D eigenvalue weighted by Crippen LogP contribution is 2.20. The van der Waals surface area contributed by atoms with Gasteiger partial charge in [-0.25, -0.2) is 9.37 Å². The second-order valence-electron chi connectivity index (χ2n) is 3.50. The number of nitrogens with zero attached hydrogens (tertiary/aromatic N) is 1. The molecule has 0 aliphatic rings. The number of halogens is 1. The van der Waals surface area contributed by atoms with Gasteiger partial charge < -0.3 is 11.5 Å². The zero-order valence-electron chi connectivity index (χ0n) is 8.85. The summed E-state index contributed by atoms with van der Waals surface area (Å²) < 4.78 is 13.1. The largest absolute Gasteiger partial charge is 0.398 e. The summed E-state index contributed by atoms with van der Waals surface area (Å²) in [5, 5.41) is 0. The molecule has 0 saturated carbocycles. The number of rotatable bonds is 2. The van der Waals surface area contributed by atoms with Crippen molar-refractivity contribution in [2.24, 2.45) is 0 Å². The molecule has 4 nitrogen and oxygen atoms in total. The summed E-state index contributed by atoms with van der Waals surface area (Å²) in [6, 6.07) is 6.73. The van der Waals surface area contributed by atoms with Crippen molar-refractivity contribution in [3.63, 3.8) is 0 Å². The number of nitrogen functional groups attached to an aromatic ring is 2. The molecule has 17 heavy (non-hydrogen) atoms. The highest BCUT2D eigenvalue weighted by molar-refractivity contribution is 6.14. The Balaban J connectivity index is 2.51. The summed E-state index contributed by atoms with van der Waals surface area (Å²) in [5.41, 5.74) is 11.7. The molecule has 1 heterocycles. The van der Waals surface area contributed by atoms with Gasteiger partial charge in [-0.05, 0) is 30.3 Å². The van der Waals surface area contributed by atoms with Gasteiger partial charge in [0.15, 0.2) is 5.78 Å². The topological polar surface area (TPSA) is 82.0 Å². The first-order valence-electron chi connectivity index (χ1n) is 4.90. The standard InChI is InChI=1S/C12H10FN3O/c13-7-3-4-10(14)9(6-7)11(17)8-2-1-5-16-12(8)15/h1-6H,14H2,(H2,15,16). The molecule has 1 aromatic heterocycles. The molecule has 0 spiro atoms. The number of hydrogen-bond acceptors (Lipinski definition) is 4. The fourth-order valence-corrected chi connectivity index (χ4v) is 1.48. The molecule has 0 radical (unpaired) electrons. The van der Waals surface area contributed by atoms with Gasteiger partial charge in [-0.15, -0.1) is 0 Å². The van der Waals surface area contributed by atoms with Crippen LogP contribution in [0.4, 0.5) is 15.9 Å². The van der Waals surface area contributed by atoms with Gasteiger partial charge in [0.25, 0.3) is 0 Å².